The van der Waals surface area contributed by atoms with Crippen LogP contribution < -0.4 is 0 Å². The van der Waals surface area contributed by atoms with Crippen molar-refractivity contribution in [3.8, 4) is 0 Å². The number of thiazole rings is 1. The third-order valence-corrected chi connectivity index (χ3v) is 6.88. The summed E-state index contributed by atoms with van der Waals surface area (Å²) in [4.78, 5) is 21.2. The van der Waals surface area contributed by atoms with E-state index in [1.54, 1.807) is 0 Å². The zero-order valence-corrected chi connectivity index (χ0v) is 16.8. The number of halogens is 1. The highest BCUT2D eigenvalue weighted by Gasteiger charge is 2.25. The largest absolute Gasteiger partial charge is 0.455 e. The van der Waals surface area contributed by atoms with Gasteiger partial charge in [-0.05, 0) is 30.3 Å². The number of hydroxylamine groups is 1. The summed E-state index contributed by atoms with van der Waals surface area (Å²) in [5.74, 6) is -0.678. The zero-order valence-electron chi connectivity index (χ0n) is 14.4. The maximum absolute atomic E-state index is 12.4. The number of carbonyl (C=O) groups excluding carboxylic acids is 1. The zero-order chi connectivity index (χ0) is 19.6. The minimum atomic E-state index is -4.00. The van der Waals surface area contributed by atoms with Crippen LogP contribution in [0.15, 0.2) is 47.4 Å². The molecule has 0 saturated heterocycles. The van der Waals surface area contributed by atoms with Crippen LogP contribution in [0.4, 0.5) is 0 Å². The van der Waals surface area contributed by atoms with Gasteiger partial charge in [-0.25, -0.2) is 18.2 Å². The van der Waals surface area contributed by atoms with Gasteiger partial charge >= 0.3 is 5.97 Å². The van der Waals surface area contributed by atoms with E-state index in [1.165, 1.54) is 37.6 Å². The molecule has 0 radical (unpaired) electrons. The van der Waals surface area contributed by atoms with Crippen LogP contribution in [0.25, 0.3) is 10.2 Å². The lowest BCUT2D eigenvalue weighted by molar-refractivity contribution is -0.0258. The van der Waals surface area contributed by atoms with E-state index < -0.39 is 16.0 Å². The molecule has 0 spiro atoms. The number of carbonyl (C=O) groups is 1. The lowest BCUT2D eigenvalue weighted by Gasteiger charge is -2.15. The number of benzene rings is 2. The monoisotopic (exact) mass is 426 g/mol. The maximum Gasteiger partial charge on any atom is 0.338 e. The Morgan fingerprint density at radius 3 is 2.70 bits per heavy atom. The van der Waals surface area contributed by atoms with E-state index in [9.17, 15) is 13.2 Å². The number of para-hydroxylation sites is 1. The number of hydrogen-bond acceptors (Lipinski definition) is 7. The summed E-state index contributed by atoms with van der Waals surface area (Å²) < 4.78 is 31.7. The van der Waals surface area contributed by atoms with Crippen molar-refractivity contribution < 1.29 is 22.8 Å². The summed E-state index contributed by atoms with van der Waals surface area (Å²) in [5, 5.41) is 0.618. The predicted molar refractivity (Wildman–Crippen MR) is 102 cm³/mol. The minimum absolute atomic E-state index is 0.0130. The Balaban J connectivity index is 1.79. The molecule has 0 amide bonds. The third-order valence-electron chi connectivity index (χ3n) is 3.71. The van der Waals surface area contributed by atoms with Gasteiger partial charge < -0.3 is 4.74 Å². The lowest BCUT2D eigenvalue weighted by atomic mass is 10.2. The number of esters is 1. The lowest BCUT2D eigenvalue weighted by Crippen LogP contribution is -2.26. The van der Waals surface area contributed by atoms with Gasteiger partial charge in [-0.2, -0.15) is 0 Å². The molecular weight excluding hydrogens is 412 g/mol. The molecule has 0 aliphatic carbocycles. The SMILES string of the molecule is CON(C)S(=O)(=O)c1cc(C(=O)OCc2nc3ccccc3s2)ccc1Cl. The molecule has 0 aliphatic heterocycles. The van der Waals surface area contributed by atoms with Crippen LogP contribution in [0.3, 0.4) is 0 Å². The topological polar surface area (TPSA) is 85.8 Å². The number of aromatic nitrogens is 1. The van der Waals surface area contributed by atoms with E-state index in [2.05, 4.69) is 4.98 Å². The Morgan fingerprint density at radius 2 is 2.00 bits per heavy atom. The minimum Gasteiger partial charge on any atom is -0.455 e. The van der Waals surface area contributed by atoms with Crippen molar-refractivity contribution in [2.75, 3.05) is 14.2 Å². The highest BCUT2D eigenvalue weighted by atomic mass is 35.5. The first kappa shape index (κ1) is 19.7. The fourth-order valence-electron chi connectivity index (χ4n) is 2.26. The van der Waals surface area contributed by atoms with Crippen LogP contribution in [-0.4, -0.2) is 38.0 Å². The van der Waals surface area contributed by atoms with Crippen molar-refractivity contribution in [2.45, 2.75) is 11.5 Å². The quantitative estimate of drug-likeness (QED) is 0.443. The average molecular weight is 427 g/mol. The molecular formula is C17H15ClN2O5S2. The summed E-state index contributed by atoms with van der Waals surface area (Å²) in [5.41, 5.74) is 0.889. The second-order valence-corrected chi connectivity index (χ2v) is 8.82. The van der Waals surface area contributed by atoms with Crippen LogP contribution >= 0.6 is 22.9 Å². The average Bonchev–Trinajstić information content (AvgIpc) is 3.08. The number of sulfonamides is 1. The van der Waals surface area contributed by atoms with Gasteiger partial charge in [0.2, 0.25) is 0 Å². The number of ether oxygens (including phenoxy) is 1. The van der Waals surface area contributed by atoms with Crippen molar-refractivity contribution in [3.63, 3.8) is 0 Å². The van der Waals surface area contributed by atoms with Crippen LogP contribution in [0.5, 0.6) is 0 Å². The molecule has 10 heteroatoms. The van der Waals surface area contributed by atoms with Crippen LogP contribution in [0.1, 0.15) is 15.4 Å². The molecule has 0 atom stereocenters. The van der Waals surface area contributed by atoms with Gasteiger partial charge in [0.15, 0.2) is 0 Å². The normalized spacial score (nSPS) is 11.9. The van der Waals surface area contributed by atoms with E-state index in [1.807, 2.05) is 24.3 Å². The summed E-state index contributed by atoms with van der Waals surface area (Å²) in [6.45, 7) is -0.0130. The Labute approximate surface area is 165 Å². The van der Waals surface area contributed by atoms with E-state index in [0.717, 1.165) is 16.3 Å². The maximum atomic E-state index is 12.4. The van der Waals surface area contributed by atoms with Crippen molar-refractivity contribution in [1.82, 2.24) is 9.45 Å². The smallest absolute Gasteiger partial charge is 0.338 e. The predicted octanol–water partition coefficient (Wildman–Crippen LogP) is 3.49. The van der Waals surface area contributed by atoms with Crippen molar-refractivity contribution >= 4 is 49.1 Å². The van der Waals surface area contributed by atoms with Gasteiger partial charge in [-0.1, -0.05) is 28.2 Å². The van der Waals surface area contributed by atoms with Crippen molar-refractivity contribution in [2.24, 2.45) is 0 Å². The first-order valence-electron chi connectivity index (χ1n) is 7.67. The molecule has 7 nitrogen and oxygen atoms in total. The van der Waals surface area contributed by atoms with Gasteiger partial charge in [-0.3, -0.25) is 4.84 Å². The molecule has 0 aliphatic rings. The van der Waals surface area contributed by atoms with E-state index >= 15 is 0 Å². The van der Waals surface area contributed by atoms with Gasteiger partial charge in [0, 0.05) is 7.05 Å². The van der Waals surface area contributed by atoms with E-state index in [4.69, 9.17) is 21.2 Å². The third kappa shape index (κ3) is 4.12. The van der Waals surface area contributed by atoms with E-state index in [-0.39, 0.29) is 22.1 Å². The number of nitrogens with zero attached hydrogens (tertiary/aromatic N) is 2. The first-order valence-corrected chi connectivity index (χ1v) is 10.3. The Morgan fingerprint density at radius 1 is 1.26 bits per heavy atom. The number of hydrogen-bond donors (Lipinski definition) is 0. The highest BCUT2D eigenvalue weighted by molar-refractivity contribution is 7.89. The summed E-state index contributed by atoms with van der Waals surface area (Å²) in [6, 6.07) is 11.5. The van der Waals surface area contributed by atoms with Gasteiger partial charge in [0.25, 0.3) is 10.0 Å². The fourth-order valence-corrected chi connectivity index (χ4v) is 4.61. The second kappa shape index (κ2) is 7.91. The van der Waals surface area contributed by atoms with Crippen LogP contribution in [-0.2, 0) is 26.2 Å². The van der Waals surface area contributed by atoms with Gasteiger partial charge in [0.05, 0.1) is 27.9 Å². The molecule has 1 aromatic heterocycles. The highest BCUT2D eigenvalue weighted by Crippen LogP contribution is 2.26. The molecule has 0 bridgehead atoms. The first-order chi connectivity index (χ1) is 12.8. The summed E-state index contributed by atoms with van der Waals surface area (Å²) in [6.07, 6.45) is 0. The van der Waals surface area contributed by atoms with Crippen molar-refractivity contribution in [3.05, 3.63) is 58.1 Å². The molecule has 0 N–H and O–H groups in total. The number of rotatable bonds is 6. The fraction of sp³-hybridized carbons (Fsp3) is 0.176. The molecule has 27 heavy (non-hydrogen) atoms. The Bertz CT molecular complexity index is 1060. The van der Waals surface area contributed by atoms with Crippen molar-refractivity contribution in [1.29, 1.82) is 0 Å². The van der Waals surface area contributed by atoms with Crippen LogP contribution in [0, 0.1) is 0 Å². The molecule has 3 rings (SSSR count). The molecule has 142 valence electrons. The molecule has 0 saturated carbocycles. The molecule has 0 unspecified atom stereocenters. The van der Waals surface area contributed by atoms with Crippen LogP contribution in [0.2, 0.25) is 5.02 Å². The molecule has 1 heterocycles. The molecule has 0 fully saturated rings. The second-order valence-electron chi connectivity index (χ2n) is 5.39. The number of fused-ring (bicyclic) bond motifs is 1. The summed E-state index contributed by atoms with van der Waals surface area (Å²) >= 11 is 7.41. The van der Waals surface area contributed by atoms with Gasteiger partial charge in [-0.15, -0.1) is 11.3 Å². The Hall–Kier alpha value is -2.04. The summed E-state index contributed by atoms with van der Waals surface area (Å²) in [7, 11) is -1.56. The standard InChI is InChI=1S/C17H15ClN2O5S2/c1-20(24-2)27(22,23)15-9-11(7-8-12(15)18)17(21)25-10-16-19-13-5-3-4-6-14(13)26-16/h3-9H,10H2,1-2H3. The Kier molecular flexibility index (Phi) is 5.78. The van der Waals surface area contributed by atoms with Gasteiger partial charge in [0.1, 0.15) is 16.5 Å². The molecule has 2 aromatic carbocycles. The van der Waals surface area contributed by atoms with E-state index in [0.29, 0.717) is 9.48 Å². The molecule has 3 aromatic rings.